The van der Waals surface area contributed by atoms with Crippen molar-refractivity contribution in [3.63, 3.8) is 0 Å². The van der Waals surface area contributed by atoms with Gasteiger partial charge in [-0.25, -0.2) is 4.98 Å². The molecule has 0 radical (unpaired) electrons. The van der Waals surface area contributed by atoms with Crippen LogP contribution in [0, 0.1) is 25.2 Å². The minimum Gasteiger partial charge on any atom is -0.385 e. The van der Waals surface area contributed by atoms with Gasteiger partial charge in [0.05, 0.1) is 22.2 Å². The highest BCUT2D eigenvalue weighted by Gasteiger charge is 2.27. The summed E-state index contributed by atoms with van der Waals surface area (Å²) in [5, 5.41) is 13.9. The number of hydrogen-bond donors (Lipinski definition) is 1. The molecule has 0 saturated heterocycles. The number of rotatable bonds is 9. The predicted molar refractivity (Wildman–Crippen MR) is 138 cm³/mol. The number of para-hydroxylation sites is 1. The molecule has 1 saturated carbocycles. The van der Waals surface area contributed by atoms with Crippen molar-refractivity contribution in [2.75, 3.05) is 24.8 Å². The second-order valence-electron chi connectivity index (χ2n) is 8.91. The molecule has 1 aromatic carbocycles. The lowest BCUT2D eigenvalue weighted by molar-refractivity contribution is -0.113. The number of fused-ring (bicyclic) bond motifs is 1. The summed E-state index contributed by atoms with van der Waals surface area (Å²) in [4.78, 5) is 30.9. The number of ether oxygens (including phenoxy) is 1. The largest absolute Gasteiger partial charge is 0.385 e. The van der Waals surface area contributed by atoms with Crippen LogP contribution in [-0.2, 0) is 16.1 Å². The van der Waals surface area contributed by atoms with Gasteiger partial charge >= 0.3 is 0 Å². The molecule has 0 atom stereocenters. The molecule has 35 heavy (non-hydrogen) atoms. The van der Waals surface area contributed by atoms with E-state index in [1.165, 1.54) is 11.8 Å². The van der Waals surface area contributed by atoms with Crippen molar-refractivity contribution < 1.29 is 9.53 Å². The molecule has 4 rings (SSSR count). The van der Waals surface area contributed by atoms with Gasteiger partial charge in [-0.3, -0.25) is 14.2 Å². The standard InChI is InChI=1S/C26H31N5O3S/c1-17-18(2)31(19-9-4-5-10-19)24(21(17)15-27)29-23(32)16-35-26-28-22-12-7-6-11-20(22)25(33)30(26)13-8-14-34-3/h6-7,11-12,19H,4-5,8-10,13-14,16H2,1-3H3,(H,29,32). The first-order valence-electron chi connectivity index (χ1n) is 12.0. The zero-order chi connectivity index (χ0) is 24.9. The van der Waals surface area contributed by atoms with Gasteiger partial charge in [0.2, 0.25) is 5.91 Å². The molecule has 0 unspecified atom stereocenters. The second kappa shape index (κ2) is 11.1. The highest BCUT2D eigenvalue weighted by atomic mass is 32.2. The monoisotopic (exact) mass is 493 g/mol. The molecule has 0 spiro atoms. The third-order valence-electron chi connectivity index (χ3n) is 6.71. The Morgan fingerprint density at radius 3 is 2.74 bits per heavy atom. The number of methoxy groups -OCH3 is 1. The van der Waals surface area contributed by atoms with E-state index in [1.54, 1.807) is 23.8 Å². The van der Waals surface area contributed by atoms with E-state index in [9.17, 15) is 14.9 Å². The Kier molecular flexibility index (Phi) is 7.93. The molecule has 2 aromatic heterocycles. The fraction of sp³-hybridized carbons (Fsp3) is 0.462. The quantitative estimate of drug-likeness (QED) is 0.266. The van der Waals surface area contributed by atoms with Crippen molar-refractivity contribution in [1.29, 1.82) is 5.26 Å². The molecule has 9 heteroatoms. The van der Waals surface area contributed by atoms with Gasteiger partial charge in [0, 0.05) is 32.0 Å². The van der Waals surface area contributed by atoms with Gasteiger partial charge < -0.3 is 14.6 Å². The Bertz CT molecular complexity index is 1330. The topological polar surface area (TPSA) is 102 Å². The number of aromatic nitrogens is 3. The number of nitrogens with one attached hydrogen (secondary N) is 1. The molecule has 1 N–H and O–H groups in total. The SMILES string of the molecule is COCCCn1c(SCC(=O)Nc2c(C#N)c(C)c(C)n2C2CCCC2)nc2ccccc2c1=O. The number of carbonyl (C=O) groups is 1. The van der Waals surface area contributed by atoms with Crippen molar-refractivity contribution in [1.82, 2.24) is 14.1 Å². The third-order valence-corrected chi connectivity index (χ3v) is 7.68. The number of nitrogens with zero attached hydrogens (tertiary/aromatic N) is 4. The predicted octanol–water partition coefficient (Wildman–Crippen LogP) is 4.57. The van der Waals surface area contributed by atoms with Crippen LogP contribution in [0.25, 0.3) is 10.9 Å². The fourth-order valence-electron chi connectivity index (χ4n) is 4.83. The van der Waals surface area contributed by atoms with E-state index in [4.69, 9.17) is 4.74 Å². The molecule has 184 valence electrons. The van der Waals surface area contributed by atoms with Gasteiger partial charge in [0.1, 0.15) is 11.9 Å². The minimum absolute atomic E-state index is 0.0773. The van der Waals surface area contributed by atoms with Crippen molar-refractivity contribution in [2.24, 2.45) is 0 Å². The number of hydrogen-bond acceptors (Lipinski definition) is 6. The van der Waals surface area contributed by atoms with Crippen molar-refractivity contribution in [3.8, 4) is 6.07 Å². The maximum Gasteiger partial charge on any atom is 0.262 e. The van der Waals surface area contributed by atoms with Gasteiger partial charge in [-0.2, -0.15) is 5.26 Å². The van der Waals surface area contributed by atoms with Crippen molar-refractivity contribution in [3.05, 3.63) is 51.4 Å². The Morgan fingerprint density at radius 1 is 1.29 bits per heavy atom. The van der Waals surface area contributed by atoms with Gasteiger partial charge in [-0.1, -0.05) is 36.7 Å². The third kappa shape index (κ3) is 5.14. The number of thioether (sulfide) groups is 1. The minimum atomic E-state index is -0.228. The van der Waals surface area contributed by atoms with E-state index in [1.807, 2.05) is 26.0 Å². The van der Waals surface area contributed by atoms with Crippen LogP contribution in [0.2, 0.25) is 0 Å². The molecule has 1 amide bonds. The van der Waals surface area contributed by atoms with Crippen LogP contribution >= 0.6 is 11.8 Å². The number of carbonyl (C=O) groups excluding carboxylic acids is 1. The van der Waals surface area contributed by atoms with Crippen LogP contribution < -0.4 is 10.9 Å². The van der Waals surface area contributed by atoms with Gasteiger partial charge in [-0.15, -0.1) is 0 Å². The Balaban J connectivity index is 1.58. The van der Waals surface area contributed by atoms with Gasteiger partial charge in [-0.05, 0) is 50.8 Å². The lowest BCUT2D eigenvalue weighted by atomic mass is 10.2. The Labute approximate surface area is 209 Å². The first-order valence-corrected chi connectivity index (χ1v) is 13.0. The van der Waals surface area contributed by atoms with Crippen LogP contribution in [0.15, 0.2) is 34.2 Å². The number of amides is 1. The van der Waals surface area contributed by atoms with Gasteiger partial charge in [0.25, 0.3) is 5.56 Å². The lowest BCUT2D eigenvalue weighted by Crippen LogP contribution is -2.25. The summed E-state index contributed by atoms with van der Waals surface area (Å²) >= 11 is 1.23. The number of benzene rings is 1. The van der Waals surface area contributed by atoms with Crippen LogP contribution in [0.1, 0.15) is 55.0 Å². The van der Waals surface area contributed by atoms with E-state index in [2.05, 4.69) is 20.9 Å². The molecule has 2 heterocycles. The zero-order valence-electron chi connectivity index (χ0n) is 20.5. The lowest BCUT2D eigenvalue weighted by Gasteiger charge is -2.19. The van der Waals surface area contributed by atoms with Crippen LogP contribution in [0.4, 0.5) is 5.82 Å². The molecular weight excluding hydrogens is 462 g/mol. The summed E-state index contributed by atoms with van der Waals surface area (Å²) in [6, 6.07) is 9.82. The first-order chi connectivity index (χ1) is 17.0. The molecule has 1 fully saturated rings. The zero-order valence-corrected chi connectivity index (χ0v) is 21.3. The molecule has 0 aliphatic heterocycles. The smallest absolute Gasteiger partial charge is 0.262 e. The Hall–Kier alpha value is -3.09. The maximum atomic E-state index is 13.1. The Morgan fingerprint density at radius 2 is 2.03 bits per heavy atom. The average molecular weight is 494 g/mol. The van der Waals surface area contributed by atoms with E-state index in [0.717, 1.165) is 36.9 Å². The first kappa shape index (κ1) is 25.0. The molecular formula is C26H31N5O3S. The van der Waals surface area contributed by atoms with Crippen LogP contribution in [-0.4, -0.2) is 39.5 Å². The van der Waals surface area contributed by atoms with Crippen molar-refractivity contribution >= 4 is 34.4 Å². The van der Waals surface area contributed by atoms with Crippen LogP contribution in [0.5, 0.6) is 0 Å². The normalized spacial score (nSPS) is 13.9. The van der Waals surface area contributed by atoms with Crippen molar-refractivity contribution in [2.45, 2.75) is 63.7 Å². The van der Waals surface area contributed by atoms with E-state index >= 15 is 0 Å². The summed E-state index contributed by atoms with van der Waals surface area (Å²) in [6.07, 6.45) is 5.06. The summed E-state index contributed by atoms with van der Waals surface area (Å²) < 4.78 is 8.90. The molecule has 3 aromatic rings. The average Bonchev–Trinajstić information content (AvgIpc) is 3.46. The fourth-order valence-corrected chi connectivity index (χ4v) is 5.65. The summed E-state index contributed by atoms with van der Waals surface area (Å²) in [6.45, 7) is 4.92. The molecule has 0 bridgehead atoms. The molecule has 8 nitrogen and oxygen atoms in total. The summed E-state index contributed by atoms with van der Waals surface area (Å²) in [5.74, 6) is 0.437. The second-order valence-corrected chi connectivity index (χ2v) is 9.85. The van der Waals surface area contributed by atoms with E-state index < -0.39 is 0 Å². The molecule has 1 aliphatic carbocycles. The van der Waals surface area contributed by atoms with E-state index in [-0.39, 0.29) is 17.2 Å². The van der Waals surface area contributed by atoms with Crippen LogP contribution in [0.3, 0.4) is 0 Å². The highest BCUT2D eigenvalue weighted by molar-refractivity contribution is 7.99. The summed E-state index contributed by atoms with van der Waals surface area (Å²) in [5.41, 5.74) is 2.94. The van der Waals surface area contributed by atoms with E-state index in [0.29, 0.717) is 53.1 Å². The number of anilines is 1. The number of nitriles is 1. The van der Waals surface area contributed by atoms with Gasteiger partial charge in [0.15, 0.2) is 5.16 Å². The highest BCUT2D eigenvalue weighted by Crippen LogP contribution is 2.37. The molecule has 1 aliphatic rings. The summed E-state index contributed by atoms with van der Waals surface area (Å²) in [7, 11) is 1.63. The maximum absolute atomic E-state index is 13.1.